The molecule has 0 fully saturated rings. The zero-order chi connectivity index (χ0) is 13.9. The molecule has 0 aliphatic carbocycles. The number of sulfone groups is 1. The van der Waals surface area contributed by atoms with Gasteiger partial charge in [0.05, 0.1) is 21.3 Å². The molecule has 0 heterocycles. The van der Waals surface area contributed by atoms with Gasteiger partial charge < -0.3 is 5.32 Å². The fourth-order valence-electron chi connectivity index (χ4n) is 1.76. The van der Waals surface area contributed by atoms with E-state index in [0.29, 0.717) is 22.2 Å². The van der Waals surface area contributed by atoms with Gasteiger partial charge in [0.15, 0.2) is 9.84 Å². The predicted octanol–water partition coefficient (Wildman–Crippen LogP) is 3.08. The maximum atomic E-state index is 11.7. The smallest absolute Gasteiger partial charge is 0.151 e. The van der Waals surface area contributed by atoms with Crippen molar-refractivity contribution in [2.75, 3.05) is 12.8 Å². The van der Waals surface area contributed by atoms with E-state index < -0.39 is 15.1 Å². The minimum absolute atomic E-state index is 0.365. The minimum atomic E-state index is -3.17. The van der Waals surface area contributed by atoms with Gasteiger partial charge in [0.2, 0.25) is 0 Å². The summed E-state index contributed by atoms with van der Waals surface area (Å²) >= 11 is 12.1. The lowest BCUT2D eigenvalue weighted by Gasteiger charge is -2.25. The lowest BCUT2D eigenvalue weighted by Crippen LogP contribution is -2.35. The molecule has 18 heavy (non-hydrogen) atoms. The van der Waals surface area contributed by atoms with Crippen molar-refractivity contribution in [3.8, 4) is 0 Å². The van der Waals surface area contributed by atoms with Crippen molar-refractivity contribution >= 4 is 33.0 Å². The van der Waals surface area contributed by atoms with Gasteiger partial charge in [-0.3, -0.25) is 0 Å². The van der Waals surface area contributed by atoms with E-state index in [1.807, 2.05) is 6.92 Å². The fourth-order valence-corrected chi connectivity index (χ4v) is 2.92. The number of benzene rings is 1. The molecule has 2 atom stereocenters. The second kappa shape index (κ2) is 6.24. The summed E-state index contributed by atoms with van der Waals surface area (Å²) in [5, 5.41) is 3.41. The average Bonchev–Trinajstić information content (AvgIpc) is 2.28. The van der Waals surface area contributed by atoms with Crippen molar-refractivity contribution in [2.24, 2.45) is 0 Å². The van der Waals surface area contributed by atoms with Crippen LogP contribution in [0.3, 0.4) is 0 Å². The molecule has 2 unspecified atom stereocenters. The summed E-state index contributed by atoms with van der Waals surface area (Å²) in [6.07, 6.45) is 1.22. The molecule has 0 amide bonds. The van der Waals surface area contributed by atoms with Gasteiger partial charge in [-0.2, -0.15) is 0 Å². The molecular weight excluding hydrogens is 293 g/mol. The second-order valence-corrected chi connectivity index (χ2v) is 7.40. The maximum absolute atomic E-state index is 11.7. The first kappa shape index (κ1) is 15.8. The largest absolute Gasteiger partial charge is 0.309 e. The zero-order valence-corrected chi connectivity index (χ0v) is 12.9. The standard InChI is InChI=1S/C12H17Cl2NO2S/c1-4-15-12(8(2)18(3,16)17)9-6-5-7-10(13)11(9)14/h5-8,12,15H,4H2,1-3H3. The fraction of sp³-hybridized carbons (Fsp3) is 0.500. The summed E-state index contributed by atoms with van der Waals surface area (Å²) in [5.74, 6) is 0. The van der Waals surface area contributed by atoms with Crippen LogP contribution < -0.4 is 5.32 Å². The highest BCUT2D eigenvalue weighted by atomic mass is 35.5. The Labute approximate surface area is 118 Å². The van der Waals surface area contributed by atoms with Gasteiger partial charge in [-0.1, -0.05) is 42.3 Å². The van der Waals surface area contributed by atoms with Crippen molar-refractivity contribution in [3.63, 3.8) is 0 Å². The van der Waals surface area contributed by atoms with E-state index in [1.165, 1.54) is 6.26 Å². The van der Waals surface area contributed by atoms with E-state index in [0.717, 1.165) is 0 Å². The van der Waals surface area contributed by atoms with Crippen LogP contribution in [0, 0.1) is 0 Å². The van der Waals surface area contributed by atoms with Crippen LogP contribution in [-0.2, 0) is 9.84 Å². The number of halogens is 2. The molecule has 0 saturated carbocycles. The summed E-state index contributed by atoms with van der Waals surface area (Å²) in [6.45, 7) is 4.23. The van der Waals surface area contributed by atoms with Gasteiger partial charge in [-0.15, -0.1) is 0 Å². The van der Waals surface area contributed by atoms with Crippen molar-refractivity contribution in [3.05, 3.63) is 33.8 Å². The minimum Gasteiger partial charge on any atom is -0.309 e. The Morgan fingerprint density at radius 3 is 2.44 bits per heavy atom. The Morgan fingerprint density at radius 1 is 1.33 bits per heavy atom. The van der Waals surface area contributed by atoms with Crippen LogP contribution in [0.5, 0.6) is 0 Å². The molecule has 6 heteroatoms. The first-order valence-electron chi connectivity index (χ1n) is 5.65. The Hall–Kier alpha value is -0.290. The van der Waals surface area contributed by atoms with E-state index in [9.17, 15) is 8.42 Å². The number of nitrogens with one attached hydrogen (secondary N) is 1. The highest BCUT2D eigenvalue weighted by molar-refractivity contribution is 7.91. The Morgan fingerprint density at radius 2 is 1.94 bits per heavy atom. The Balaban J connectivity index is 3.24. The molecule has 0 radical (unpaired) electrons. The van der Waals surface area contributed by atoms with Crippen molar-refractivity contribution in [2.45, 2.75) is 25.1 Å². The molecule has 0 aliphatic heterocycles. The quantitative estimate of drug-likeness (QED) is 0.909. The van der Waals surface area contributed by atoms with Crippen LogP contribution >= 0.6 is 23.2 Å². The molecule has 0 bridgehead atoms. The number of rotatable bonds is 5. The van der Waals surface area contributed by atoms with E-state index in [2.05, 4.69) is 5.32 Å². The lowest BCUT2D eigenvalue weighted by atomic mass is 10.0. The van der Waals surface area contributed by atoms with Crippen LogP contribution in [-0.4, -0.2) is 26.5 Å². The molecule has 1 aromatic rings. The van der Waals surface area contributed by atoms with E-state index in [4.69, 9.17) is 23.2 Å². The Bertz CT molecular complexity index is 517. The van der Waals surface area contributed by atoms with Crippen molar-refractivity contribution < 1.29 is 8.42 Å². The van der Waals surface area contributed by atoms with Crippen molar-refractivity contribution in [1.29, 1.82) is 0 Å². The zero-order valence-electron chi connectivity index (χ0n) is 10.6. The SMILES string of the molecule is CCNC(c1cccc(Cl)c1Cl)C(C)S(C)(=O)=O. The van der Waals surface area contributed by atoms with E-state index in [-0.39, 0.29) is 6.04 Å². The Kier molecular flexibility index (Phi) is 5.46. The number of hydrogen-bond acceptors (Lipinski definition) is 3. The second-order valence-electron chi connectivity index (χ2n) is 4.21. The monoisotopic (exact) mass is 309 g/mol. The van der Waals surface area contributed by atoms with Crippen LogP contribution in [0.2, 0.25) is 10.0 Å². The third-order valence-electron chi connectivity index (χ3n) is 2.89. The lowest BCUT2D eigenvalue weighted by molar-refractivity contribution is 0.513. The predicted molar refractivity (Wildman–Crippen MR) is 77.2 cm³/mol. The van der Waals surface area contributed by atoms with Gasteiger partial charge >= 0.3 is 0 Å². The van der Waals surface area contributed by atoms with Gasteiger partial charge in [-0.05, 0) is 25.1 Å². The summed E-state index contributed by atoms with van der Waals surface area (Å²) in [5.41, 5.74) is 0.712. The molecule has 0 saturated heterocycles. The molecule has 3 nitrogen and oxygen atoms in total. The molecule has 1 rings (SSSR count). The molecule has 1 N–H and O–H groups in total. The van der Waals surface area contributed by atoms with Crippen LogP contribution in [0.4, 0.5) is 0 Å². The van der Waals surface area contributed by atoms with Crippen molar-refractivity contribution in [1.82, 2.24) is 5.32 Å². The van der Waals surface area contributed by atoms with E-state index >= 15 is 0 Å². The number of hydrogen-bond donors (Lipinski definition) is 1. The van der Waals surface area contributed by atoms with Gasteiger partial charge in [0.25, 0.3) is 0 Å². The molecule has 1 aromatic carbocycles. The first-order valence-corrected chi connectivity index (χ1v) is 8.36. The van der Waals surface area contributed by atoms with Crippen LogP contribution in [0.25, 0.3) is 0 Å². The van der Waals surface area contributed by atoms with Crippen LogP contribution in [0.1, 0.15) is 25.5 Å². The van der Waals surface area contributed by atoms with E-state index in [1.54, 1.807) is 25.1 Å². The van der Waals surface area contributed by atoms with Gasteiger partial charge in [0.1, 0.15) is 0 Å². The molecule has 0 aliphatic rings. The van der Waals surface area contributed by atoms with Gasteiger partial charge in [0, 0.05) is 6.26 Å². The normalized spacial score (nSPS) is 15.4. The summed E-state index contributed by atoms with van der Waals surface area (Å²) < 4.78 is 23.4. The molecule has 102 valence electrons. The summed E-state index contributed by atoms with van der Waals surface area (Å²) in [4.78, 5) is 0. The summed E-state index contributed by atoms with van der Waals surface area (Å²) in [7, 11) is -3.17. The molecule has 0 spiro atoms. The maximum Gasteiger partial charge on any atom is 0.151 e. The van der Waals surface area contributed by atoms with Gasteiger partial charge in [-0.25, -0.2) is 8.42 Å². The first-order chi connectivity index (χ1) is 8.29. The average molecular weight is 310 g/mol. The highest BCUT2D eigenvalue weighted by Gasteiger charge is 2.28. The summed E-state index contributed by atoms with van der Waals surface area (Å²) in [6, 6.07) is 4.88. The molecular formula is C12H17Cl2NO2S. The van der Waals surface area contributed by atoms with Crippen LogP contribution in [0.15, 0.2) is 18.2 Å². The third kappa shape index (κ3) is 3.60. The third-order valence-corrected chi connectivity index (χ3v) is 5.34. The molecule has 0 aromatic heterocycles. The topological polar surface area (TPSA) is 46.2 Å². The highest BCUT2D eigenvalue weighted by Crippen LogP contribution is 2.32.